The van der Waals surface area contributed by atoms with Crippen molar-refractivity contribution >= 4 is 15.9 Å². The van der Waals surface area contributed by atoms with E-state index in [2.05, 4.69) is 40.8 Å². The van der Waals surface area contributed by atoms with Crippen molar-refractivity contribution in [2.45, 2.75) is 26.7 Å². The smallest absolute Gasteiger partial charge is 0.109 e. The van der Waals surface area contributed by atoms with Gasteiger partial charge in [-0.2, -0.15) is 0 Å². The highest BCUT2D eigenvalue weighted by Crippen LogP contribution is 2.22. The second kappa shape index (κ2) is 3.35. The Morgan fingerprint density at radius 1 is 1.36 bits per heavy atom. The highest BCUT2D eigenvalue weighted by atomic mass is 79.9. The molecule has 0 spiro atoms. The maximum absolute atomic E-state index is 4.31. The standard InChI is InChI=1S/C9H12BrN/c1-6(2)8-5-4-7(3)11-9(8)10/h4-6H,1-3H3. The maximum atomic E-state index is 4.31. The van der Waals surface area contributed by atoms with Crippen LogP contribution in [0.2, 0.25) is 0 Å². The number of aryl methyl sites for hydroxylation is 1. The topological polar surface area (TPSA) is 12.9 Å². The van der Waals surface area contributed by atoms with E-state index in [1.165, 1.54) is 5.56 Å². The molecule has 2 heteroatoms. The van der Waals surface area contributed by atoms with Gasteiger partial charge in [0.15, 0.2) is 0 Å². The molecule has 0 fully saturated rings. The van der Waals surface area contributed by atoms with Crippen molar-refractivity contribution < 1.29 is 0 Å². The first-order chi connectivity index (χ1) is 5.11. The second-order valence-corrected chi connectivity index (χ2v) is 3.74. The van der Waals surface area contributed by atoms with Gasteiger partial charge in [0.1, 0.15) is 4.60 Å². The van der Waals surface area contributed by atoms with Crippen LogP contribution in [0.3, 0.4) is 0 Å². The SMILES string of the molecule is Cc1ccc(C(C)C)c(Br)n1. The van der Waals surface area contributed by atoms with Gasteiger partial charge in [-0.05, 0) is 40.4 Å². The van der Waals surface area contributed by atoms with Crippen molar-refractivity contribution in [3.63, 3.8) is 0 Å². The Bertz CT molecular complexity index is 256. The minimum atomic E-state index is 0.539. The molecule has 1 rings (SSSR count). The summed E-state index contributed by atoms with van der Waals surface area (Å²) in [6, 6.07) is 4.16. The summed E-state index contributed by atoms with van der Waals surface area (Å²) in [5, 5.41) is 0. The zero-order valence-electron chi connectivity index (χ0n) is 7.06. The third kappa shape index (κ3) is 2.03. The molecule has 0 bridgehead atoms. The Morgan fingerprint density at radius 3 is 2.45 bits per heavy atom. The minimum Gasteiger partial charge on any atom is -0.246 e. The Morgan fingerprint density at radius 2 is 2.00 bits per heavy atom. The van der Waals surface area contributed by atoms with Gasteiger partial charge in [-0.3, -0.25) is 0 Å². The molecule has 60 valence electrons. The molecule has 0 aliphatic heterocycles. The maximum Gasteiger partial charge on any atom is 0.109 e. The first kappa shape index (κ1) is 8.72. The van der Waals surface area contributed by atoms with Crippen LogP contribution in [-0.4, -0.2) is 4.98 Å². The quantitative estimate of drug-likeness (QED) is 0.653. The molecule has 0 unspecified atom stereocenters. The first-order valence-corrected chi connectivity index (χ1v) is 4.53. The van der Waals surface area contributed by atoms with Crippen LogP contribution < -0.4 is 0 Å². The minimum absolute atomic E-state index is 0.539. The monoisotopic (exact) mass is 213 g/mol. The second-order valence-electron chi connectivity index (χ2n) is 2.99. The summed E-state index contributed by atoms with van der Waals surface area (Å²) in [5.74, 6) is 0.539. The zero-order valence-corrected chi connectivity index (χ0v) is 8.64. The van der Waals surface area contributed by atoms with Gasteiger partial charge in [0.2, 0.25) is 0 Å². The number of aromatic nitrogens is 1. The number of halogens is 1. The van der Waals surface area contributed by atoms with E-state index in [4.69, 9.17) is 0 Å². The molecule has 0 N–H and O–H groups in total. The van der Waals surface area contributed by atoms with Gasteiger partial charge in [0.25, 0.3) is 0 Å². The van der Waals surface area contributed by atoms with Crippen LogP contribution in [0.15, 0.2) is 16.7 Å². The van der Waals surface area contributed by atoms with Gasteiger partial charge >= 0.3 is 0 Å². The summed E-state index contributed by atoms with van der Waals surface area (Å²) in [5.41, 5.74) is 2.33. The van der Waals surface area contributed by atoms with E-state index in [1.54, 1.807) is 0 Å². The highest BCUT2D eigenvalue weighted by Gasteiger charge is 2.04. The molecule has 1 heterocycles. The average molecular weight is 214 g/mol. The van der Waals surface area contributed by atoms with Crippen molar-refractivity contribution in [2.75, 3.05) is 0 Å². The number of nitrogens with zero attached hydrogens (tertiary/aromatic N) is 1. The van der Waals surface area contributed by atoms with Crippen LogP contribution >= 0.6 is 15.9 Å². The fourth-order valence-electron chi connectivity index (χ4n) is 0.966. The van der Waals surface area contributed by atoms with Crippen LogP contribution in [0.4, 0.5) is 0 Å². The van der Waals surface area contributed by atoms with E-state index >= 15 is 0 Å². The lowest BCUT2D eigenvalue weighted by Gasteiger charge is -2.06. The fraction of sp³-hybridized carbons (Fsp3) is 0.444. The summed E-state index contributed by atoms with van der Waals surface area (Å²) < 4.78 is 0.979. The molecule has 0 radical (unpaired) electrons. The van der Waals surface area contributed by atoms with Gasteiger partial charge in [-0.25, -0.2) is 4.98 Å². The highest BCUT2D eigenvalue weighted by molar-refractivity contribution is 9.10. The van der Waals surface area contributed by atoms with E-state index in [0.29, 0.717) is 5.92 Å². The van der Waals surface area contributed by atoms with E-state index < -0.39 is 0 Å². The van der Waals surface area contributed by atoms with Crippen molar-refractivity contribution in [2.24, 2.45) is 0 Å². The molecular formula is C9H12BrN. The van der Waals surface area contributed by atoms with E-state index in [-0.39, 0.29) is 0 Å². The molecule has 0 amide bonds. The molecule has 0 saturated carbocycles. The van der Waals surface area contributed by atoms with Gasteiger partial charge < -0.3 is 0 Å². The Balaban J connectivity index is 3.09. The lowest BCUT2D eigenvalue weighted by atomic mass is 10.1. The van der Waals surface area contributed by atoms with Crippen LogP contribution in [0.25, 0.3) is 0 Å². The normalized spacial score (nSPS) is 10.6. The van der Waals surface area contributed by atoms with Crippen molar-refractivity contribution in [1.29, 1.82) is 0 Å². The van der Waals surface area contributed by atoms with Crippen LogP contribution in [-0.2, 0) is 0 Å². The molecular weight excluding hydrogens is 202 g/mol. The lowest BCUT2D eigenvalue weighted by molar-refractivity contribution is 0.846. The number of pyridine rings is 1. The number of hydrogen-bond acceptors (Lipinski definition) is 1. The molecule has 0 aliphatic carbocycles. The molecule has 11 heavy (non-hydrogen) atoms. The molecule has 0 aromatic carbocycles. The predicted octanol–water partition coefficient (Wildman–Crippen LogP) is 3.28. The summed E-state index contributed by atoms with van der Waals surface area (Å²) in [4.78, 5) is 4.31. The summed E-state index contributed by atoms with van der Waals surface area (Å²) in [6.45, 7) is 6.32. The molecule has 0 atom stereocenters. The third-order valence-electron chi connectivity index (χ3n) is 1.64. The van der Waals surface area contributed by atoms with Gasteiger partial charge in [0.05, 0.1) is 0 Å². The van der Waals surface area contributed by atoms with Crippen LogP contribution in [0.5, 0.6) is 0 Å². The van der Waals surface area contributed by atoms with Gasteiger partial charge in [-0.15, -0.1) is 0 Å². The summed E-state index contributed by atoms with van der Waals surface area (Å²) >= 11 is 3.44. The zero-order chi connectivity index (χ0) is 8.43. The number of hydrogen-bond donors (Lipinski definition) is 0. The lowest BCUT2D eigenvalue weighted by Crippen LogP contribution is -1.92. The summed E-state index contributed by atoms with van der Waals surface area (Å²) in [7, 11) is 0. The first-order valence-electron chi connectivity index (χ1n) is 3.74. The van der Waals surface area contributed by atoms with Crippen molar-refractivity contribution in [3.8, 4) is 0 Å². The van der Waals surface area contributed by atoms with Gasteiger partial charge in [0, 0.05) is 5.69 Å². The molecule has 1 aromatic heterocycles. The molecule has 1 nitrogen and oxygen atoms in total. The molecule has 1 aromatic rings. The van der Waals surface area contributed by atoms with E-state index in [1.807, 2.05) is 13.0 Å². The average Bonchev–Trinajstić information content (AvgIpc) is 1.85. The van der Waals surface area contributed by atoms with Crippen LogP contribution in [0.1, 0.15) is 31.0 Å². The van der Waals surface area contributed by atoms with Crippen molar-refractivity contribution in [3.05, 3.63) is 28.0 Å². The Hall–Kier alpha value is -0.370. The van der Waals surface area contributed by atoms with E-state index in [0.717, 1.165) is 10.3 Å². The largest absolute Gasteiger partial charge is 0.246 e. The number of rotatable bonds is 1. The molecule has 0 saturated heterocycles. The van der Waals surface area contributed by atoms with Crippen molar-refractivity contribution in [1.82, 2.24) is 4.98 Å². The van der Waals surface area contributed by atoms with Crippen LogP contribution in [0, 0.1) is 6.92 Å². The molecule has 0 aliphatic rings. The van der Waals surface area contributed by atoms with E-state index in [9.17, 15) is 0 Å². The predicted molar refractivity (Wildman–Crippen MR) is 50.8 cm³/mol. The fourth-order valence-corrected chi connectivity index (χ4v) is 1.84. The third-order valence-corrected chi connectivity index (χ3v) is 2.27. The van der Waals surface area contributed by atoms with Gasteiger partial charge in [-0.1, -0.05) is 19.9 Å². The summed E-state index contributed by atoms with van der Waals surface area (Å²) in [6.07, 6.45) is 0. The Labute approximate surface area is 76.0 Å². The Kier molecular flexibility index (Phi) is 2.66.